The lowest BCUT2D eigenvalue weighted by atomic mass is 10.1. The minimum absolute atomic E-state index is 0.0593. The largest absolute Gasteiger partial charge is 0.484 e. The SMILES string of the molecule is CCCC[C@@H](Oc1ccc(CC(=O)O)cc1)c1cccc(-c2ccc(C(F)(F)F)cc2)n1.CCCC[C@@H](Oc1ccc(CC(=O)O)cc1Cl)c1cccc(-c2ccc(C(F)(F)F)cc2)n1. The molecular formula is C50H47ClF6N2O6. The molecule has 0 spiro atoms. The fraction of sp³-hybridized carbons (Fsp3) is 0.280. The van der Waals surface area contributed by atoms with Crippen LogP contribution < -0.4 is 9.47 Å². The molecule has 8 nitrogen and oxygen atoms in total. The number of hydrogen-bond acceptors (Lipinski definition) is 6. The van der Waals surface area contributed by atoms with Gasteiger partial charge in [-0.1, -0.05) is 92.9 Å². The Bertz CT molecular complexity index is 2480. The van der Waals surface area contributed by atoms with E-state index in [1.807, 2.05) is 12.1 Å². The molecule has 0 saturated heterocycles. The molecule has 2 N–H and O–H groups in total. The molecule has 0 fully saturated rings. The highest BCUT2D eigenvalue weighted by molar-refractivity contribution is 6.32. The molecule has 0 aliphatic rings. The molecule has 0 amide bonds. The van der Waals surface area contributed by atoms with E-state index in [1.165, 1.54) is 24.3 Å². The highest BCUT2D eigenvalue weighted by atomic mass is 35.5. The summed E-state index contributed by atoms with van der Waals surface area (Å²) < 4.78 is 89.4. The van der Waals surface area contributed by atoms with Gasteiger partial charge in [-0.15, -0.1) is 0 Å². The number of aromatic nitrogens is 2. The standard InChI is InChI=1S/C25H23ClF3NO3.C25H24F3NO3/c1-2-3-7-23(33-22-13-8-16(14-19(22)26)15-24(31)32)21-6-4-5-20(30-21)17-9-11-18(12-10-17)25(27,28)29;1-2-3-7-23(32-20-14-8-17(9-15-20)16-24(30)31)22-6-4-5-21(29-22)18-10-12-19(13-11-18)25(26,27)28/h4-6,8-14,23H,2-3,7,15H2,1H3,(H,31,32);4-6,8-15,23H,2-3,7,16H2,1H3,(H,30,31)/t2*23-/m11/s1. The average molecular weight is 921 g/mol. The first kappa shape index (κ1) is 49.6. The Morgan fingerprint density at radius 1 is 0.585 bits per heavy atom. The fourth-order valence-electron chi connectivity index (χ4n) is 6.66. The second-order valence-electron chi connectivity index (χ2n) is 15.1. The summed E-state index contributed by atoms with van der Waals surface area (Å²) in [5, 5.41) is 18.2. The van der Waals surface area contributed by atoms with E-state index in [0.717, 1.165) is 56.4 Å². The number of hydrogen-bond donors (Lipinski definition) is 2. The first-order valence-electron chi connectivity index (χ1n) is 20.9. The summed E-state index contributed by atoms with van der Waals surface area (Å²) in [6, 6.07) is 32.3. The van der Waals surface area contributed by atoms with Gasteiger partial charge in [-0.25, -0.2) is 9.97 Å². The number of rotatable bonds is 18. The van der Waals surface area contributed by atoms with Crippen molar-refractivity contribution in [3.05, 3.63) is 166 Å². The van der Waals surface area contributed by atoms with Crippen molar-refractivity contribution in [1.82, 2.24) is 9.97 Å². The lowest BCUT2D eigenvalue weighted by Gasteiger charge is -2.20. The molecule has 2 atom stereocenters. The summed E-state index contributed by atoms with van der Waals surface area (Å²) in [5.74, 6) is -0.843. The quantitative estimate of drug-likeness (QED) is 0.0818. The Balaban J connectivity index is 0.000000244. The third-order valence-corrected chi connectivity index (χ3v) is 10.3. The zero-order chi connectivity index (χ0) is 47.1. The molecule has 2 heterocycles. The Kier molecular flexibility index (Phi) is 17.5. The third-order valence-electron chi connectivity index (χ3n) is 10.0. The number of unbranched alkanes of at least 4 members (excludes halogenated alkanes) is 2. The molecule has 0 saturated carbocycles. The smallest absolute Gasteiger partial charge is 0.416 e. The van der Waals surface area contributed by atoms with E-state index >= 15 is 0 Å². The van der Waals surface area contributed by atoms with Gasteiger partial charge >= 0.3 is 24.3 Å². The number of carboxylic acids is 2. The first-order chi connectivity index (χ1) is 30.9. The minimum atomic E-state index is -4.40. The molecule has 0 bridgehead atoms. The van der Waals surface area contributed by atoms with Crippen LogP contribution in [-0.4, -0.2) is 32.1 Å². The molecule has 0 radical (unpaired) electrons. The molecule has 0 aliphatic carbocycles. The summed E-state index contributed by atoms with van der Waals surface area (Å²) in [4.78, 5) is 31.1. The topological polar surface area (TPSA) is 119 Å². The number of ether oxygens (including phenoxy) is 2. The van der Waals surface area contributed by atoms with Crippen molar-refractivity contribution >= 4 is 23.5 Å². The van der Waals surface area contributed by atoms with Crippen LogP contribution >= 0.6 is 11.6 Å². The Morgan fingerprint density at radius 2 is 1.02 bits per heavy atom. The van der Waals surface area contributed by atoms with E-state index in [4.69, 9.17) is 31.3 Å². The van der Waals surface area contributed by atoms with E-state index in [1.54, 1.807) is 66.7 Å². The second kappa shape index (κ2) is 23.0. The van der Waals surface area contributed by atoms with Crippen LogP contribution in [0.2, 0.25) is 5.02 Å². The van der Waals surface area contributed by atoms with Gasteiger partial charge in [0, 0.05) is 11.1 Å². The van der Waals surface area contributed by atoms with Crippen LogP contribution in [0.1, 0.15) is 98.2 Å². The molecule has 2 aromatic heterocycles. The van der Waals surface area contributed by atoms with Crippen LogP contribution in [0.25, 0.3) is 22.5 Å². The van der Waals surface area contributed by atoms with Crippen molar-refractivity contribution in [1.29, 1.82) is 0 Å². The number of carboxylic acid groups (broad SMARTS) is 2. The Morgan fingerprint density at radius 3 is 1.43 bits per heavy atom. The second-order valence-corrected chi connectivity index (χ2v) is 15.5. The van der Waals surface area contributed by atoms with Crippen LogP contribution in [0.4, 0.5) is 26.3 Å². The van der Waals surface area contributed by atoms with Crippen molar-refractivity contribution in [2.75, 3.05) is 0 Å². The molecule has 342 valence electrons. The van der Waals surface area contributed by atoms with E-state index in [0.29, 0.717) is 68.0 Å². The molecule has 4 aromatic carbocycles. The summed E-state index contributed by atoms with van der Waals surface area (Å²) in [6.45, 7) is 4.13. The maximum Gasteiger partial charge on any atom is 0.416 e. The normalized spacial score (nSPS) is 12.4. The summed E-state index contributed by atoms with van der Waals surface area (Å²) in [6.07, 6.45) is -4.69. The van der Waals surface area contributed by atoms with Gasteiger partial charge in [0.2, 0.25) is 0 Å². The van der Waals surface area contributed by atoms with Crippen molar-refractivity contribution in [2.45, 2.75) is 89.8 Å². The molecule has 6 rings (SSSR count). The van der Waals surface area contributed by atoms with E-state index in [9.17, 15) is 35.9 Å². The first-order valence-corrected chi connectivity index (χ1v) is 21.2. The van der Waals surface area contributed by atoms with Gasteiger partial charge in [-0.2, -0.15) is 26.3 Å². The monoisotopic (exact) mass is 920 g/mol. The predicted octanol–water partition coefficient (Wildman–Crippen LogP) is 14.1. The van der Waals surface area contributed by atoms with Gasteiger partial charge in [-0.05, 0) is 110 Å². The Hall–Kier alpha value is -6.41. The van der Waals surface area contributed by atoms with Crippen LogP contribution in [0.3, 0.4) is 0 Å². The maximum absolute atomic E-state index is 12.9. The van der Waals surface area contributed by atoms with Crippen molar-refractivity contribution in [2.24, 2.45) is 0 Å². The number of pyridine rings is 2. The predicted molar refractivity (Wildman–Crippen MR) is 236 cm³/mol. The van der Waals surface area contributed by atoms with Gasteiger partial charge in [0.05, 0.1) is 51.8 Å². The molecule has 0 aliphatic heterocycles. The van der Waals surface area contributed by atoms with Crippen LogP contribution in [0.15, 0.2) is 127 Å². The fourth-order valence-corrected chi connectivity index (χ4v) is 6.91. The van der Waals surface area contributed by atoms with Gasteiger partial charge in [0.25, 0.3) is 0 Å². The number of nitrogens with zero attached hydrogens (tertiary/aromatic N) is 2. The molecule has 65 heavy (non-hydrogen) atoms. The van der Waals surface area contributed by atoms with Gasteiger partial charge in [0.15, 0.2) is 0 Å². The summed E-state index contributed by atoms with van der Waals surface area (Å²) >= 11 is 6.33. The lowest BCUT2D eigenvalue weighted by molar-refractivity contribution is -0.138. The summed E-state index contributed by atoms with van der Waals surface area (Å²) in [5.41, 5.74) is 3.40. The van der Waals surface area contributed by atoms with Crippen molar-refractivity contribution < 1.29 is 55.6 Å². The van der Waals surface area contributed by atoms with E-state index in [-0.39, 0.29) is 18.9 Å². The number of carbonyl (C=O) groups is 2. The molecular weight excluding hydrogens is 874 g/mol. The van der Waals surface area contributed by atoms with E-state index < -0.39 is 41.5 Å². The van der Waals surface area contributed by atoms with Crippen LogP contribution in [0.5, 0.6) is 11.5 Å². The third kappa shape index (κ3) is 15.1. The minimum Gasteiger partial charge on any atom is -0.484 e. The number of aliphatic carboxylic acids is 2. The highest BCUT2D eigenvalue weighted by Crippen LogP contribution is 2.35. The van der Waals surface area contributed by atoms with Crippen LogP contribution in [0, 0.1) is 0 Å². The molecule has 0 unspecified atom stereocenters. The van der Waals surface area contributed by atoms with E-state index in [2.05, 4.69) is 23.8 Å². The number of benzene rings is 4. The lowest BCUT2D eigenvalue weighted by Crippen LogP contribution is -2.11. The number of halogens is 7. The van der Waals surface area contributed by atoms with Gasteiger partial charge in [0.1, 0.15) is 23.7 Å². The molecule has 15 heteroatoms. The Labute approximate surface area is 377 Å². The highest BCUT2D eigenvalue weighted by Gasteiger charge is 2.31. The molecule has 6 aromatic rings. The zero-order valence-corrected chi connectivity index (χ0v) is 36.3. The van der Waals surface area contributed by atoms with Crippen molar-refractivity contribution in [3.8, 4) is 34.0 Å². The average Bonchev–Trinajstić information content (AvgIpc) is 3.27. The summed E-state index contributed by atoms with van der Waals surface area (Å²) in [7, 11) is 0. The van der Waals surface area contributed by atoms with Gasteiger partial charge < -0.3 is 19.7 Å². The number of alkyl halides is 6. The van der Waals surface area contributed by atoms with Crippen LogP contribution in [-0.2, 0) is 34.8 Å². The maximum atomic E-state index is 12.9. The zero-order valence-electron chi connectivity index (χ0n) is 35.5. The van der Waals surface area contributed by atoms with Crippen molar-refractivity contribution in [3.63, 3.8) is 0 Å². The van der Waals surface area contributed by atoms with Gasteiger partial charge in [-0.3, -0.25) is 9.59 Å².